The Balaban J connectivity index is 2.53. The zero-order valence-electron chi connectivity index (χ0n) is 28.5. The molecule has 0 bridgehead atoms. The van der Waals surface area contributed by atoms with Gasteiger partial charge in [0.25, 0.3) is 0 Å². The van der Waals surface area contributed by atoms with E-state index in [1.165, 1.54) is 89.9 Å². The van der Waals surface area contributed by atoms with E-state index >= 15 is 0 Å². The molecular weight excluding hydrogens is 558 g/mol. The molecule has 8 heteroatoms. The largest absolute Gasteiger partial charge is 0.465 e. The number of hydrogen-bond donors (Lipinski definition) is 3. The van der Waals surface area contributed by atoms with E-state index in [2.05, 4.69) is 13.8 Å². The molecule has 0 radical (unpaired) electrons. The van der Waals surface area contributed by atoms with Crippen molar-refractivity contribution in [2.24, 2.45) is 11.8 Å². The third-order valence-corrected chi connectivity index (χ3v) is 9.25. The van der Waals surface area contributed by atoms with E-state index in [0.717, 1.165) is 38.5 Å². The summed E-state index contributed by atoms with van der Waals surface area (Å²) in [5.74, 6) is -2.32. The van der Waals surface area contributed by atoms with Crippen LogP contribution >= 0.6 is 0 Å². The van der Waals surface area contributed by atoms with Crippen molar-refractivity contribution in [2.75, 3.05) is 39.5 Å². The molecule has 1 saturated carbocycles. The predicted molar refractivity (Wildman–Crippen MR) is 177 cm³/mol. The Hall–Kier alpha value is -1.22. The molecule has 0 aromatic heterocycles. The highest BCUT2D eigenvalue weighted by atomic mass is 16.5. The lowest BCUT2D eigenvalue weighted by Gasteiger charge is -2.42. The first-order chi connectivity index (χ1) is 21.5. The fourth-order valence-electron chi connectivity index (χ4n) is 6.52. The molecule has 0 spiro atoms. The van der Waals surface area contributed by atoms with Crippen LogP contribution in [0.3, 0.4) is 0 Å². The maximum Gasteiger partial charge on any atom is 0.309 e. The SMILES string of the molecule is CCCCCCCCCCCCOC(=O)C1CC(O)C(N(CCO)CCO)CC1C(=O)OCCCCCCCCCCCC. The molecule has 1 aliphatic rings. The molecule has 0 saturated heterocycles. The van der Waals surface area contributed by atoms with E-state index < -0.39 is 35.9 Å². The summed E-state index contributed by atoms with van der Waals surface area (Å²) < 4.78 is 11.3. The quantitative estimate of drug-likeness (QED) is 0.0602. The maximum atomic E-state index is 13.3. The zero-order chi connectivity index (χ0) is 32.3. The minimum Gasteiger partial charge on any atom is -0.465 e. The fraction of sp³-hybridized carbons (Fsp3) is 0.944. The summed E-state index contributed by atoms with van der Waals surface area (Å²) in [7, 11) is 0. The second-order valence-electron chi connectivity index (χ2n) is 13.0. The summed E-state index contributed by atoms with van der Waals surface area (Å²) >= 11 is 0. The average molecular weight is 628 g/mol. The van der Waals surface area contributed by atoms with Crippen LogP contribution in [0.5, 0.6) is 0 Å². The summed E-state index contributed by atoms with van der Waals surface area (Å²) in [5.41, 5.74) is 0. The van der Waals surface area contributed by atoms with Crippen LogP contribution in [0, 0.1) is 11.8 Å². The Labute approximate surface area is 269 Å². The van der Waals surface area contributed by atoms with Crippen molar-refractivity contribution in [3.8, 4) is 0 Å². The van der Waals surface area contributed by atoms with Gasteiger partial charge in [-0.1, -0.05) is 129 Å². The van der Waals surface area contributed by atoms with Crippen LogP contribution in [-0.4, -0.2) is 83.8 Å². The van der Waals surface area contributed by atoms with Crippen molar-refractivity contribution in [3.05, 3.63) is 0 Å². The van der Waals surface area contributed by atoms with E-state index in [1.54, 1.807) is 4.90 Å². The van der Waals surface area contributed by atoms with Gasteiger partial charge in [0.15, 0.2) is 0 Å². The first-order valence-corrected chi connectivity index (χ1v) is 18.5. The van der Waals surface area contributed by atoms with Crippen molar-refractivity contribution in [1.82, 2.24) is 4.90 Å². The number of carbonyl (C=O) groups is 2. The summed E-state index contributed by atoms with van der Waals surface area (Å²) in [6.45, 7) is 5.43. The third-order valence-electron chi connectivity index (χ3n) is 9.25. The van der Waals surface area contributed by atoms with Gasteiger partial charge in [-0.05, 0) is 25.7 Å². The van der Waals surface area contributed by atoms with Crippen molar-refractivity contribution >= 4 is 11.9 Å². The topological polar surface area (TPSA) is 117 Å². The monoisotopic (exact) mass is 628 g/mol. The highest BCUT2D eigenvalue weighted by Gasteiger charge is 2.46. The second-order valence-corrected chi connectivity index (χ2v) is 13.0. The van der Waals surface area contributed by atoms with Gasteiger partial charge in [0.1, 0.15) is 0 Å². The lowest BCUT2D eigenvalue weighted by atomic mass is 9.74. The van der Waals surface area contributed by atoms with Crippen LogP contribution in [-0.2, 0) is 19.1 Å². The highest BCUT2D eigenvalue weighted by molar-refractivity contribution is 5.82. The number of rotatable bonds is 29. The molecule has 1 fully saturated rings. The van der Waals surface area contributed by atoms with Crippen LogP contribution in [0.15, 0.2) is 0 Å². The normalized spacial score (nSPS) is 20.2. The number of esters is 2. The Bertz CT molecular complexity index is 685. The van der Waals surface area contributed by atoms with E-state index in [-0.39, 0.29) is 39.1 Å². The number of nitrogens with zero attached hydrogens (tertiary/aromatic N) is 1. The molecule has 1 rings (SSSR count). The first-order valence-electron chi connectivity index (χ1n) is 18.5. The Morgan fingerprint density at radius 3 is 1.27 bits per heavy atom. The molecule has 0 aliphatic heterocycles. The molecule has 44 heavy (non-hydrogen) atoms. The van der Waals surface area contributed by atoms with Crippen LogP contribution in [0.1, 0.15) is 155 Å². The standard InChI is InChI=1S/C36H69NO7/c1-3-5-7-9-11-13-15-17-19-21-27-43-35(41)31-29-33(37(23-25-38)24-26-39)34(40)30-32(31)36(42)44-28-22-20-18-16-14-12-10-8-6-4-2/h31-34,38-40H,3-30H2,1-2H3. The number of carbonyl (C=O) groups excluding carboxylic acids is 2. The van der Waals surface area contributed by atoms with Gasteiger partial charge >= 0.3 is 11.9 Å². The van der Waals surface area contributed by atoms with Crippen LogP contribution in [0.2, 0.25) is 0 Å². The molecule has 0 heterocycles. The lowest BCUT2D eigenvalue weighted by Crippen LogP contribution is -2.54. The first kappa shape index (κ1) is 40.8. The number of aliphatic hydroxyl groups is 3. The molecule has 0 amide bonds. The Morgan fingerprint density at radius 1 is 0.568 bits per heavy atom. The Morgan fingerprint density at radius 2 is 0.909 bits per heavy atom. The highest BCUT2D eigenvalue weighted by Crippen LogP contribution is 2.35. The van der Waals surface area contributed by atoms with Crippen molar-refractivity contribution < 1.29 is 34.4 Å². The van der Waals surface area contributed by atoms with Crippen LogP contribution in [0.25, 0.3) is 0 Å². The fourth-order valence-corrected chi connectivity index (χ4v) is 6.52. The summed E-state index contributed by atoms with van der Waals surface area (Å²) in [6, 6.07) is -0.449. The minimum atomic E-state index is -0.867. The van der Waals surface area contributed by atoms with Gasteiger partial charge in [0, 0.05) is 19.1 Å². The van der Waals surface area contributed by atoms with Crippen molar-refractivity contribution in [3.63, 3.8) is 0 Å². The van der Waals surface area contributed by atoms with Crippen LogP contribution in [0.4, 0.5) is 0 Å². The maximum absolute atomic E-state index is 13.3. The van der Waals surface area contributed by atoms with E-state index in [0.29, 0.717) is 13.2 Å². The number of ether oxygens (including phenoxy) is 2. The number of aliphatic hydroxyl groups excluding tert-OH is 3. The second kappa shape index (κ2) is 28.0. The number of unbranched alkanes of at least 4 members (excludes halogenated alkanes) is 18. The van der Waals surface area contributed by atoms with Gasteiger partial charge in [0.05, 0.1) is 44.4 Å². The molecule has 0 aromatic carbocycles. The molecule has 260 valence electrons. The molecular formula is C36H69NO7. The van der Waals surface area contributed by atoms with E-state index in [9.17, 15) is 24.9 Å². The van der Waals surface area contributed by atoms with Crippen molar-refractivity contribution in [1.29, 1.82) is 0 Å². The van der Waals surface area contributed by atoms with Gasteiger partial charge in [-0.15, -0.1) is 0 Å². The third kappa shape index (κ3) is 18.7. The van der Waals surface area contributed by atoms with Gasteiger partial charge in [0.2, 0.25) is 0 Å². The zero-order valence-corrected chi connectivity index (χ0v) is 28.5. The van der Waals surface area contributed by atoms with Gasteiger partial charge < -0.3 is 24.8 Å². The van der Waals surface area contributed by atoms with Gasteiger partial charge in [-0.3, -0.25) is 14.5 Å². The smallest absolute Gasteiger partial charge is 0.309 e. The molecule has 4 unspecified atom stereocenters. The van der Waals surface area contributed by atoms with Gasteiger partial charge in [-0.2, -0.15) is 0 Å². The molecule has 0 aromatic rings. The van der Waals surface area contributed by atoms with Gasteiger partial charge in [-0.25, -0.2) is 0 Å². The number of hydrogen-bond acceptors (Lipinski definition) is 8. The van der Waals surface area contributed by atoms with Crippen molar-refractivity contribution in [2.45, 2.75) is 167 Å². The van der Waals surface area contributed by atoms with E-state index in [1.807, 2.05) is 0 Å². The molecule has 3 N–H and O–H groups in total. The molecule has 4 atom stereocenters. The lowest BCUT2D eigenvalue weighted by molar-refractivity contribution is -0.168. The molecule has 1 aliphatic carbocycles. The van der Waals surface area contributed by atoms with Crippen LogP contribution < -0.4 is 0 Å². The van der Waals surface area contributed by atoms with E-state index in [4.69, 9.17) is 9.47 Å². The summed E-state index contributed by atoms with van der Waals surface area (Å²) in [4.78, 5) is 28.3. The summed E-state index contributed by atoms with van der Waals surface area (Å²) in [5, 5.41) is 30.0. The Kier molecular flexibility index (Phi) is 26.0. The minimum absolute atomic E-state index is 0.104. The average Bonchev–Trinajstić information content (AvgIpc) is 3.02. The molecule has 8 nitrogen and oxygen atoms in total. The predicted octanol–water partition coefficient (Wildman–Crippen LogP) is 6.96. The summed E-state index contributed by atoms with van der Waals surface area (Å²) in [6.07, 6.45) is 23.4.